The topological polar surface area (TPSA) is 54.9 Å². The molecule has 0 unspecified atom stereocenters. The Hall–Kier alpha value is -2.81. The van der Waals surface area contributed by atoms with Crippen LogP contribution in [-0.4, -0.2) is 53.2 Å². The largest absolute Gasteiger partial charge is 0.491 e. The fourth-order valence-corrected chi connectivity index (χ4v) is 4.54. The summed E-state index contributed by atoms with van der Waals surface area (Å²) >= 11 is 0. The second-order valence-electron chi connectivity index (χ2n) is 9.22. The fourth-order valence-electron chi connectivity index (χ4n) is 4.54. The highest BCUT2D eigenvalue weighted by molar-refractivity contribution is 5.70. The van der Waals surface area contributed by atoms with Gasteiger partial charge < -0.3 is 14.4 Å². The number of pyridine rings is 1. The highest BCUT2D eigenvalue weighted by atomic mass is 19.4. The van der Waals surface area contributed by atoms with E-state index in [1.807, 2.05) is 26.0 Å². The molecule has 33 heavy (non-hydrogen) atoms. The summed E-state index contributed by atoms with van der Waals surface area (Å²) < 4.78 is 49.4. The Labute approximate surface area is 191 Å². The van der Waals surface area contributed by atoms with Crippen LogP contribution in [0.5, 0.6) is 11.5 Å². The first-order chi connectivity index (χ1) is 15.6. The van der Waals surface area contributed by atoms with Gasteiger partial charge in [-0.05, 0) is 55.9 Å². The van der Waals surface area contributed by atoms with Crippen LogP contribution < -0.4 is 9.47 Å². The molecule has 2 aliphatic rings. The van der Waals surface area contributed by atoms with Crippen molar-refractivity contribution in [1.29, 1.82) is 0 Å². The number of amides is 1. The third-order valence-electron chi connectivity index (χ3n) is 6.12. The van der Waals surface area contributed by atoms with E-state index in [-0.39, 0.29) is 17.3 Å². The molecule has 0 atom stereocenters. The Morgan fingerprint density at radius 3 is 2.52 bits per heavy atom. The number of hydrogen-bond donors (Lipinski definition) is 0. The molecule has 0 saturated carbocycles. The first-order valence-electron chi connectivity index (χ1n) is 11.1. The van der Waals surface area contributed by atoms with Crippen molar-refractivity contribution in [3.05, 3.63) is 53.9 Å². The maximum Gasteiger partial charge on any atom is 0.418 e. The second-order valence-corrected chi connectivity index (χ2v) is 9.22. The lowest BCUT2D eigenvalue weighted by molar-refractivity contribution is -0.137. The summed E-state index contributed by atoms with van der Waals surface area (Å²) in [6.07, 6.45) is -1.53. The molecule has 0 radical (unpaired) electrons. The molecule has 1 spiro atoms. The summed E-state index contributed by atoms with van der Waals surface area (Å²) in [5.74, 6) is 0.675. The van der Waals surface area contributed by atoms with Gasteiger partial charge in [0.15, 0.2) is 5.75 Å². The van der Waals surface area contributed by atoms with Crippen LogP contribution in [0.3, 0.4) is 0 Å². The maximum absolute atomic E-state index is 12.8. The summed E-state index contributed by atoms with van der Waals surface area (Å²) in [5.41, 5.74) is 0.445. The predicted molar refractivity (Wildman–Crippen MR) is 116 cm³/mol. The van der Waals surface area contributed by atoms with Crippen LogP contribution in [0, 0.1) is 5.41 Å². The monoisotopic (exact) mass is 463 g/mol. The average Bonchev–Trinajstić information content (AvgIpc) is 2.72. The van der Waals surface area contributed by atoms with Crippen molar-refractivity contribution in [2.45, 2.75) is 45.5 Å². The van der Waals surface area contributed by atoms with Crippen molar-refractivity contribution in [1.82, 2.24) is 14.8 Å². The second kappa shape index (κ2) is 9.21. The molecule has 4 rings (SSSR count). The van der Waals surface area contributed by atoms with Crippen molar-refractivity contribution in [3.8, 4) is 11.5 Å². The Kier molecular flexibility index (Phi) is 6.52. The van der Waals surface area contributed by atoms with Crippen LogP contribution in [0.2, 0.25) is 0 Å². The molecule has 9 heteroatoms. The Balaban J connectivity index is 1.25. The van der Waals surface area contributed by atoms with Crippen LogP contribution in [0.4, 0.5) is 18.0 Å². The van der Waals surface area contributed by atoms with E-state index in [2.05, 4.69) is 22.0 Å². The summed E-state index contributed by atoms with van der Waals surface area (Å²) in [4.78, 5) is 19.9. The van der Waals surface area contributed by atoms with Crippen molar-refractivity contribution in [3.63, 3.8) is 0 Å². The van der Waals surface area contributed by atoms with E-state index in [1.165, 1.54) is 5.56 Å². The Morgan fingerprint density at radius 2 is 1.85 bits per heavy atom. The number of aromatic nitrogens is 1. The van der Waals surface area contributed by atoms with Gasteiger partial charge in [-0.2, -0.15) is 13.2 Å². The van der Waals surface area contributed by atoms with Gasteiger partial charge in [0.25, 0.3) is 0 Å². The smallest absolute Gasteiger partial charge is 0.418 e. The number of carbonyl (C=O) groups excluding carboxylic acids is 1. The van der Waals surface area contributed by atoms with Gasteiger partial charge >= 0.3 is 12.3 Å². The third kappa shape index (κ3) is 5.76. The number of halogens is 3. The van der Waals surface area contributed by atoms with E-state index in [1.54, 1.807) is 4.90 Å². The molecular weight excluding hydrogens is 435 g/mol. The Bertz CT molecular complexity index is 980. The molecule has 3 heterocycles. The van der Waals surface area contributed by atoms with Gasteiger partial charge in [0, 0.05) is 38.9 Å². The maximum atomic E-state index is 12.8. The molecule has 2 aliphatic heterocycles. The van der Waals surface area contributed by atoms with E-state index in [4.69, 9.17) is 9.47 Å². The molecule has 2 fully saturated rings. The summed E-state index contributed by atoms with van der Waals surface area (Å²) in [6.45, 7) is 7.83. The van der Waals surface area contributed by atoms with Gasteiger partial charge in [0.05, 0.1) is 17.9 Å². The van der Waals surface area contributed by atoms with Gasteiger partial charge in [-0.15, -0.1) is 0 Å². The highest BCUT2D eigenvalue weighted by Crippen LogP contribution is 2.41. The van der Waals surface area contributed by atoms with Crippen molar-refractivity contribution in [2.24, 2.45) is 5.41 Å². The lowest BCUT2D eigenvalue weighted by Crippen LogP contribution is -2.60. The van der Waals surface area contributed by atoms with Crippen molar-refractivity contribution < 1.29 is 27.4 Å². The van der Waals surface area contributed by atoms with Crippen LogP contribution in [0.15, 0.2) is 42.7 Å². The molecule has 6 nitrogen and oxygen atoms in total. The SMILES string of the molecule is CC(C)Oc1cccc(CN2CC3(CCN(C(=O)Oc4cncc(C(F)(F)F)c4)CC3)C2)c1. The average molecular weight is 464 g/mol. The highest BCUT2D eigenvalue weighted by Gasteiger charge is 2.45. The van der Waals surface area contributed by atoms with E-state index < -0.39 is 17.8 Å². The normalized spacial score (nSPS) is 18.3. The molecule has 0 bridgehead atoms. The first-order valence-corrected chi connectivity index (χ1v) is 11.1. The lowest BCUT2D eigenvalue weighted by atomic mass is 9.72. The first kappa shape index (κ1) is 23.4. The third-order valence-corrected chi connectivity index (χ3v) is 6.12. The predicted octanol–water partition coefficient (Wildman–Crippen LogP) is 4.98. The summed E-state index contributed by atoms with van der Waals surface area (Å²) in [5, 5.41) is 0. The number of benzene rings is 1. The van der Waals surface area contributed by atoms with E-state index >= 15 is 0 Å². The van der Waals surface area contributed by atoms with Gasteiger partial charge in [0.1, 0.15) is 5.75 Å². The number of alkyl halides is 3. The zero-order valence-corrected chi connectivity index (χ0v) is 18.8. The van der Waals surface area contributed by atoms with Crippen LogP contribution in [0.1, 0.15) is 37.8 Å². The lowest BCUT2D eigenvalue weighted by Gasteiger charge is -2.54. The Morgan fingerprint density at radius 1 is 1.12 bits per heavy atom. The molecule has 1 aromatic carbocycles. The fraction of sp³-hybridized carbons (Fsp3) is 0.500. The van der Waals surface area contributed by atoms with E-state index in [9.17, 15) is 18.0 Å². The zero-order valence-electron chi connectivity index (χ0n) is 18.8. The molecule has 1 aromatic heterocycles. The molecule has 0 N–H and O–H groups in total. The molecule has 2 aromatic rings. The zero-order chi connectivity index (χ0) is 23.6. The van der Waals surface area contributed by atoms with Crippen LogP contribution in [0.25, 0.3) is 0 Å². The van der Waals surface area contributed by atoms with Gasteiger partial charge in [-0.3, -0.25) is 9.88 Å². The molecular formula is C24H28F3N3O3. The van der Waals surface area contributed by atoms with E-state index in [0.29, 0.717) is 19.3 Å². The van der Waals surface area contributed by atoms with E-state index in [0.717, 1.165) is 50.5 Å². The summed E-state index contributed by atoms with van der Waals surface area (Å²) in [6, 6.07) is 8.94. The van der Waals surface area contributed by atoms with Crippen LogP contribution in [-0.2, 0) is 12.7 Å². The number of rotatable bonds is 5. The number of ether oxygens (including phenoxy) is 2. The molecule has 0 aliphatic carbocycles. The van der Waals surface area contributed by atoms with Crippen molar-refractivity contribution >= 4 is 6.09 Å². The number of nitrogens with zero attached hydrogens (tertiary/aromatic N) is 3. The number of hydrogen-bond acceptors (Lipinski definition) is 5. The van der Waals surface area contributed by atoms with Gasteiger partial charge in [-0.1, -0.05) is 12.1 Å². The number of likely N-dealkylation sites (tertiary alicyclic amines) is 2. The summed E-state index contributed by atoms with van der Waals surface area (Å²) in [7, 11) is 0. The number of carbonyl (C=O) groups is 1. The molecule has 178 valence electrons. The number of piperidine rings is 1. The quantitative estimate of drug-likeness (QED) is 0.626. The van der Waals surface area contributed by atoms with Gasteiger partial charge in [0.2, 0.25) is 0 Å². The molecule has 2 saturated heterocycles. The molecule has 1 amide bonds. The van der Waals surface area contributed by atoms with Gasteiger partial charge in [-0.25, -0.2) is 4.79 Å². The minimum atomic E-state index is -4.54. The van der Waals surface area contributed by atoms with Crippen LogP contribution >= 0.6 is 0 Å². The minimum Gasteiger partial charge on any atom is -0.491 e. The minimum absolute atomic E-state index is 0.134. The van der Waals surface area contributed by atoms with Crippen molar-refractivity contribution in [2.75, 3.05) is 26.2 Å². The standard InChI is InChI=1S/C24H28F3N3O3/c1-17(2)32-20-5-3-4-18(10-20)14-29-15-23(16-29)6-8-30(9-7-23)22(31)33-21-11-19(12-28-13-21)24(25,26)27/h3-5,10-13,17H,6-9,14-16H2,1-2H3.